The molecule has 1 aliphatic rings. The van der Waals surface area contributed by atoms with E-state index in [2.05, 4.69) is 5.32 Å². The summed E-state index contributed by atoms with van der Waals surface area (Å²) in [5, 5.41) is 2.70. The fourth-order valence-electron chi connectivity index (χ4n) is 2.65. The zero-order valence-electron chi connectivity index (χ0n) is 14.1. The van der Waals surface area contributed by atoms with Crippen molar-refractivity contribution in [1.29, 1.82) is 0 Å². The van der Waals surface area contributed by atoms with Gasteiger partial charge in [0.05, 0.1) is 10.6 Å². The second kappa shape index (κ2) is 6.85. The molecule has 0 spiro atoms. The Morgan fingerprint density at radius 2 is 1.88 bits per heavy atom. The maximum Gasteiger partial charge on any atom is 0.265 e. The number of hydrogen-bond donors (Lipinski definition) is 1. The third kappa shape index (κ3) is 3.52. The first-order valence-corrected chi connectivity index (χ1v) is 9.51. The van der Waals surface area contributed by atoms with E-state index in [4.69, 9.17) is 4.74 Å². The highest BCUT2D eigenvalue weighted by molar-refractivity contribution is 7.89. The second-order valence-corrected chi connectivity index (χ2v) is 7.76. The Bertz CT molecular complexity index is 881. The summed E-state index contributed by atoms with van der Waals surface area (Å²) in [4.78, 5) is 11.8. The molecule has 1 aliphatic heterocycles. The third-order valence-electron chi connectivity index (χ3n) is 4.08. The number of benzene rings is 2. The van der Waals surface area contributed by atoms with Gasteiger partial charge in [-0.25, -0.2) is 8.42 Å². The van der Waals surface area contributed by atoms with Crippen molar-refractivity contribution in [2.75, 3.05) is 11.9 Å². The fourth-order valence-corrected chi connectivity index (χ4v) is 4.10. The third-order valence-corrected chi connectivity index (χ3v) is 5.99. The quantitative estimate of drug-likeness (QED) is 0.889. The van der Waals surface area contributed by atoms with Crippen molar-refractivity contribution in [2.24, 2.45) is 0 Å². The Balaban J connectivity index is 1.91. The van der Waals surface area contributed by atoms with Crippen LogP contribution in [0.3, 0.4) is 0 Å². The number of carbonyl (C=O) groups is 1. The smallest absolute Gasteiger partial charge is 0.265 e. The van der Waals surface area contributed by atoms with Crippen LogP contribution in [-0.2, 0) is 21.4 Å². The fraction of sp³-hybridized carbons (Fsp3) is 0.278. The molecule has 1 N–H and O–H groups in total. The molecule has 2 aromatic rings. The van der Waals surface area contributed by atoms with Crippen molar-refractivity contribution in [3.05, 3.63) is 54.1 Å². The molecule has 0 fully saturated rings. The van der Waals surface area contributed by atoms with E-state index in [1.807, 2.05) is 30.3 Å². The van der Waals surface area contributed by atoms with Crippen LogP contribution in [0.2, 0.25) is 0 Å². The van der Waals surface area contributed by atoms with Gasteiger partial charge in [0, 0.05) is 19.2 Å². The molecule has 132 valence electrons. The minimum Gasteiger partial charge on any atom is -0.479 e. The van der Waals surface area contributed by atoms with Crippen molar-refractivity contribution < 1.29 is 17.9 Å². The number of carbonyl (C=O) groups excluding carboxylic acids is 1. The number of anilines is 1. The lowest BCUT2D eigenvalue weighted by atomic mass is 10.2. The molecule has 1 amide bonds. The maximum absolute atomic E-state index is 13.0. The summed E-state index contributed by atoms with van der Waals surface area (Å²) in [5.41, 5.74) is 1.40. The summed E-state index contributed by atoms with van der Waals surface area (Å²) in [5.74, 6) is 0.117. The first-order valence-electron chi connectivity index (χ1n) is 8.07. The number of fused-ring (bicyclic) bond motifs is 1. The van der Waals surface area contributed by atoms with Crippen LogP contribution in [0.1, 0.15) is 19.4 Å². The Kier molecular flexibility index (Phi) is 4.78. The molecular weight excluding hydrogens is 340 g/mol. The number of rotatable bonds is 5. The summed E-state index contributed by atoms with van der Waals surface area (Å²) in [6.07, 6.45) is -0.656. The zero-order chi connectivity index (χ0) is 18.0. The van der Waals surface area contributed by atoms with Gasteiger partial charge in [-0.15, -0.1) is 0 Å². The highest BCUT2D eigenvalue weighted by atomic mass is 32.2. The van der Waals surface area contributed by atoms with E-state index < -0.39 is 16.1 Å². The van der Waals surface area contributed by atoms with Gasteiger partial charge in [0.25, 0.3) is 5.91 Å². The number of amides is 1. The molecule has 0 radical (unpaired) electrons. The molecule has 0 aromatic heterocycles. The van der Waals surface area contributed by atoms with Crippen molar-refractivity contribution in [1.82, 2.24) is 4.31 Å². The molecule has 6 nitrogen and oxygen atoms in total. The van der Waals surface area contributed by atoms with Gasteiger partial charge in [-0.1, -0.05) is 37.3 Å². The molecule has 0 saturated carbocycles. The SMILES string of the molecule is CCN(Cc1ccccc1)S(=O)(=O)c1ccc2c(c1)O[C@@H](C)C(=O)N2. The van der Waals surface area contributed by atoms with Crippen LogP contribution in [0.15, 0.2) is 53.4 Å². The Labute approximate surface area is 147 Å². The summed E-state index contributed by atoms with van der Waals surface area (Å²) < 4.78 is 32.9. The highest BCUT2D eigenvalue weighted by Gasteiger charge is 2.28. The number of nitrogens with zero attached hydrogens (tertiary/aromatic N) is 1. The van der Waals surface area contributed by atoms with E-state index in [9.17, 15) is 13.2 Å². The van der Waals surface area contributed by atoms with Crippen LogP contribution >= 0.6 is 0 Å². The molecule has 7 heteroatoms. The largest absolute Gasteiger partial charge is 0.479 e. The average Bonchev–Trinajstić information content (AvgIpc) is 2.61. The number of nitrogens with one attached hydrogen (secondary N) is 1. The van der Waals surface area contributed by atoms with Gasteiger partial charge < -0.3 is 10.1 Å². The van der Waals surface area contributed by atoms with Gasteiger partial charge in [-0.3, -0.25) is 4.79 Å². The number of ether oxygens (including phenoxy) is 1. The number of hydrogen-bond acceptors (Lipinski definition) is 4. The highest BCUT2D eigenvalue weighted by Crippen LogP contribution is 2.33. The van der Waals surface area contributed by atoms with Gasteiger partial charge in [0.2, 0.25) is 10.0 Å². The van der Waals surface area contributed by atoms with Gasteiger partial charge in [0.1, 0.15) is 5.75 Å². The summed E-state index contributed by atoms with van der Waals surface area (Å²) >= 11 is 0. The first-order chi connectivity index (χ1) is 11.9. The topological polar surface area (TPSA) is 75.7 Å². The van der Waals surface area contributed by atoms with Crippen molar-refractivity contribution >= 4 is 21.6 Å². The lowest BCUT2D eigenvalue weighted by Gasteiger charge is -2.25. The predicted octanol–water partition coefficient (Wildman–Crippen LogP) is 2.62. The van der Waals surface area contributed by atoms with E-state index >= 15 is 0 Å². The van der Waals surface area contributed by atoms with Gasteiger partial charge in [0.15, 0.2) is 6.10 Å². The van der Waals surface area contributed by atoms with E-state index in [0.717, 1.165) is 5.56 Å². The molecule has 0 saturated heterocycles. The summed E-state index contributed by atoms with van der Waals surface area (Å²) in [6.45, 7) is 4.07. The Morgan fingerprint density at radius 3 is 2.56 bits per heavy atom. The normalized spacial score (nSPS) is 16.9. The Morgan fingerprint density at radius 1 is 1.16 bits per heavy atom. The number of sulfonamides is 1. The molecule has 3 rings (SSSR count). The van der Waals surface area contributed by atoms with Crippen LogP contribution in [0.4, 0.5) is 5.69 Å². The van der Waals surface area contributed by atoms with Crippen LogP contribution < -0.4 is 10.1 Å². The molecule has 0 aliphatic carbocycles. The van der Waals surface area contributed by atoms with E-state index in [1.165, 1.54) is 16.4 Å². The van der Waals surface area contributed by atoms with E-state index in [0.29, 0.717) is 24.5 Å². The maximum atomic E-state index is 13.0. The first kappa shape index (κ1) is 17.4. The lowest BCUT2D eigenvalue weighted by Crippen LogP contribution is -2.35. The van der Waals surface area contributed by atoms with Crippen LogP contribution in [0.25, 0.3) is 0 Å². The van der Waals surface area contributed by atoms with E-state index in [1.54, 1.807) is 19.9 Å². The van der Waals surface area contributed by atoms with Gasteiger partial charge in [-0.2, -0.15) is 4.31 Å². The van der Waals surface area contributed by atoms with Crippen molar-refractivity contribution in [3.8, 4) is 5.75 Å². The summed E-state index contributed by atoms with van der Waals surface area (Å²) in [7, 11) is -3.67. The summed E-state index contributed by atoms with van der Waals surface area (Å²) in [6, 6.07) is 14.0. The molecule has 0 bridgehead atoms. The Hall–Kier alpha value is -2.38. The molecule has 2 aromatic carbocycles. The molecule has 1 heterocycles. The second-order valence-electron chi connectivity index (χ2n) is 5.82. The minimum atomic E-state index is -3.67. The van der Waals surface area contributed by atoms with Gasteiger partial charge >= 0.3 is 0 Å². The molecule has 0 unspecified atom stereocenters. The lowest BCUT2D eigenvalue weighted by molar-refractivity contribution is -0.122. The zero-order valence-corrected chi connectivity index (χ0v) is 14.9. The van der Waals surface area contributed by atoms with Crippen LogP contribution in [-0.4, -0.2) is 31.3 Å². The molecule has 1 atom stereocenters. The monoisotopic (exact) mass is 360 g/mol. The van der Waals surface area contributed by atoms with Crippen LogP contribution in [0.5, 0.6) is 5.75 Å². The van der Waals surface area contributed by atoms with Gasteiger partial charge in [-0.05, 0) is 24.6 Å². The van der Waals surface area contributed by atoms with E-state index in [-0.39, 0.29) is 10.8 Å². The molecule has 25 heavy (non-hydrogen) atoms. The minimum absolute atomic E-state index is 0.146. The van der Waals surface area contributed by atoms with Crippen LogP contribution in [0, 0.1) is 0 Å². The van der Waals surface area contributed by atoms with Crippen molar-refractivity contribution in [3.63, 3.8) is 0 Å². The standard InChI is InChI=1S/C18H20N2O4S/c1-3-20(12-14-7-5-4-6-8-14)25(22,23)15-9-10-16-17(11-15)24-13(2)18(21)19-16/h4-11,13H,3,12H2,1-2H3,(H,19,21)/t13-/m0/s1. The van der Waals surface area contributed by atoms with Crippen molar-refractivity contribution in [2.45, 2.75) is 31.4 Å². The average molecular weight is 360 g/mol. The molecular formula is C18H20N2O4S. The predicted molar refractivity (Wildman–Crippen MR) is 94.9 cm³/mol.